The summed E-state index contributed by atoms with van der Waals surface area (Å²) in [6.07, 6.45) is 1.50. The van der Waals surface area contributed by atoms with E-state index in [1.165, 1.54) is 13.3 Å². The van der Waals surface area contributed by atoms with Crippen molar-refractivity contribution in [3.8, 4) is 11.5 Å². The predicted molar refractivity (Wildman–Crippen MR) is 99.5 cm³/mol. The van der Waals surface area contributed by atoms with Gasteiger partial charge in [0.2, 0.25) is 0 Å². The Morgan fingerprint density at radius 1 is 1.15 bits per heavy atom. The third-order valence-corrected chi connectivity index (χ3v) is 4.12. The van der Waals surface area contributed by atoms with Crippen LogP contribution in [0.2, 0.25) is 0 Å². The van der Waals surface area contributed by atoms with Gasteiger partial charge in [-0.15, -0.1) is 0 Å². The maximum Gasteiger partial charge on any atom is 0.292 e. The zero-order valence-corrected chi connectivity index (χ0v) is 14.5. The van der Waals surface area contributed by atoms with E-state index in [9.17, 15) is 9.59 Å². The normalized spacial score (nSPS) is 13.1. The highest BCUT2D eigenvalue weighted by Crippen LogP contribution is 2.30. The van der Waals surface area contributed by atoms with Gasteiger partial charge in [0.15, 0.2) is 17.2 Å². The van der Waals surface area contributed by atoms with Crippen molar-refractivity contribution in [2.75, 3.05) is 13.2 Å². The maximum atomic E-state index is 12.5. The largest absolute Gasteiger partial charge is 0.486 e. The number of benzene rings is 2. The fourth-order valence-corrected chi connectivity index (χ4v) is 2.83. The number of amides is 1. The van der Waals surface area contributed by atoms with Gasteiger partial charge in [-0.05, 0) is 29.8 Å². The van der Waals surface area contributed by atoms with Gasteiger partial charge in [0, 0.05) is 12.4 Å². The fraction of sp³-hybridized carbons (Fsp3) is 0.158. The average molecular weight is 364 g/mol. The lowest BCUT2D eigenvalue weighted by Gasteiger charge is -2.18. The quantitative estimate of drug-likeness (QED) is 0.561. The Labute approximate surface area is 154 Å². The van der Waals surface area contributed by atoms with Crippen molar-refractivity contribution in [2.24, 2.45) is 12.1 Å². The number of ether oxygens (including phenoxy) is 2. The first-order valence-corrected chi connectivity index (χ1v) is 8.32. The zero-order chi connectivity index (χ0) is 18.8. The van der Waals surface area contributed by atoms with Crippen LogP contribution in [0.5, 0.6) is 11.5 Å². The molecule has 0 spiro atoms. The topological polar surface area (TPSA) is 94.8 Å². The standard InChI is InChI=1S/C19H16N4O4/c1-23-19(25)14-5-3-2-4-13(14)17(22-23)18(24)21-20-11-12-6-7-15-16(10-12)27-9-8-26-15/h2-7,10-11H,8-9H2,1H3,(H,21,24)/b20-11-. The molecule has 8 heteroatoms. The van der Waals surface area contributed by atoms with E-state index in [1.54, 1.807) is 36.4 Å². The van der Waals surface area contributed by atoms with Gasteiger partial charge < -0.3 is 9.47 Å². The molecule has 0 saturated carbocycles. The number of aryl methyl sites for hydroxylation is 1. The number of carbonyl (C=O) groups excluding carboxylic acids is 1. The molecule has 27 heavy (non-hydrogen) atoms. The molecular weight excluding hydrogens is 348 g/mol. The van der Waals surface area contributed by atoms with E-state index in [2.05, 4.69) is 15.6 Å². The Morgan fingerprint density at radius 3 is 2.70 bits per heavy atom. The van der Waals surface area contributed by atoms with Crippen molar-refractivity contribution in [2.45, 2.75) is 0 Å². The molecule has 1 N–H and O–H groups in total. The van der Waals surface area contributed by atoms with E-state index in [0.717, 1.165) is 10.2 Å². The van der Waals surface area contributed by atoms with Crippen molar-refractivity contribution in [1.29, 1.82) is 0 Å². The molecule has 0 aliphatic carbocycles. The predicted octanol–water partition coefficient (Wildman–Crippen LogP) is 1.47. The highest BCUT2D eigenvalue weighted by molar-refractivity contribution is 6.04. The number of hydrogen-bond acceptors (Lipinski definition) is 6. The summed E-state index contributed by atoms with van der Waals surface area (Å²) in [7, 11) is 1.50. The summed E-state index contributed by atoms with van der Waals surface area (Å²) in [5, 5.41) is 8.95. The lowest BCUT2D eigenvalue weighted by atomic mass is 10.1. The molecule has 2 heterocycles. The molecule has 4 rings (SSSR count). The van der Waals surface area contributed by atoms with E-state index in [0.29, 0.717) is 35.5 Å². The van der Waals surface area contributed by atoms with Crippen molar-refractivity contribution >= 4 is 22.9 Å². The highest BCUT2D eigenvalue weighted by Gasteiger charge is 2.15. The molecule has 0 radical (unpaired) electrons. The second-order valence-corrected chi connectivity index (χ2v) is 5.93. The third kappa shape index (κ3) is 3.24. The molecule has 1 aromatic heterocycles. The van der Waals surface area contributed by atoms with Crippen LogP contribution >= 0.6 is 0 Å². The molecule has 0 saturated heterocycles. The van der Waals surface area contributed by atoms with Crippen molar-refractivity contribution < 1.29 is 14.3 Å². The highest BCUT2D eigenvalue weighted by atomic mass is 16.6. The van der Waals surface area contributed by atoms with E-state index in [-0.39, 0.29) is 11.3 Å². The van der Waals surface area contributed by atoms with Gasteiger partial charge >= 0.3 is 0 Å². The van der Waals surface area contributed by atoms with E-state index in [1.807, 2.05) is 6.07 Å². The molecule has 0 fully saturated rings. The summed E-state index contributed by atoms with van der Waals surface area (Å²) in [4.78, 5) is 24.6. The molecule has 0 bridgehead atoms. The number of rotatable bonds is 3. The second kappa shape index (κ2) is 6.91. The van der Waals surface area contributed by atoms with Crippen LogP contribution in [0.15, 0.2) is 52.4 Å². The van der Waals surface area contributed by atoms with Gasteiger partial charge in [0.05, 0.1) is 11.6 Å². The third-order valence-electron chi connectivity index (χ3n) is 4.12. The molecule has 0 atom stereocenters. The number of nitrogens with one attached hydrogen (secondary N) is 1. The SMILES string of the molecule is Cn1nc(C(=O)N/N=C\c2ccc3c(c2)OCCO3)c2ccccc2c1=O. The average Bonchev–Trinajstić information content (AvgIpc) is 2.70. The molecule has 1 aliphatic heterocycles. The van der Waals surface area contributed by atoms with E-state index >= 15 is 0 Å². The van der Waals surface area contributed by atoms with Gasteiger partial charge in [-0.25, -0.2) is 10.1 Å². The second-order valence-electron chi connectivity index (χ2n) is 5.93. The van der Waals surface area contributed by atoms with Crippen LogP contribution in [-0.2, 0) is 7.05 Å². The Balaban J connectivity index is 1.57. The number of carbonyl (C=O) groups is 1. The minimum atomic E-state index is -0.504. The molecule has 2 aromatic carbocycles. The lowest BCUT2D eigenvalue weighted by molar-refractivity contribution is 0.0950. The molecule has 0 unspecified atom stereocenters. The first-order chi connectivity index (χ1) is 13.1. The van der Waals surface area contributed by atoms with Crippen molar-refractivity contribution in [3.05, 3.63) is 64.1 Å². The van der Waals surface area contributed by atoms with Crippen LogP contribution in [-0.4, -0.2) is 35.1 Å². The minimum Gasteiger partial charge on any atom is -0.486 e. The Hall–Kier alpha value is -3.68. The van der Waals surface area contributed by atoms with E-state index in [4.69, 9.17) is 9.47 Å². The zero-order valence-electron chi connectivity index (χ0n) is 14.5. The van der Waals surface area contributed by atoms with Gasteiger partial charge in [0.1, 0.15) is 13.2 Å². The number of hydrogen-bond donors (Lipinski definition) is 1. The van der Waals surface area contributed by atoms with Crippen LogP contribution in [0.1, 0.15) is 16.1 Å². The molecule has 136 valence electrons. The van der Waals surface area contributed by atoms with Gasteiger partial charge in [-0.2, -0.15) is 10.2 Å². The first-order valence-electron chi connectivity index (χ1n) is 8.32. The number of nitrogens with zero attached hydrogens (tertiary/aromatic N) is 3. The van der Waals surface area contributed by atoms with Crippen LogP contribution in [0, 0.1) is 0 Å². The van der Waals surface area contributed by atoms with Crippen LogP contribution in [0.4, 0.5) is 0 Å². The van der Waals surface area contributed by atoms with Gasteiger partial charge in [-0.1, -0.05) is 18.2 Å². The summed E-state index contributed by atoms with van der Waals surface area (Å²) in [5.41, 5.74) is 3.06. The molecule has 1 aliphatic rings. The van der Waals surface area contributed by atoms with Crippen molar-refractivity contribution in [3.63, 3.8) is 0 Å². The minimum absolute atomic E-state index is 0.132. The van der Waals surface area contributed by atoms with Crippen molar-refractivity contribution in [1.82, 2.24) is 15.2 Å². The van der Waals surface area contributed by atoms with E-state index < -0.39 is 5.91 Å². The summed E-state index contributed by atoms with van der Waals surface area (Å²) < 4.78 is 12.1. The Bertz CT molecular complexity index is 1120. The summed E-state index contributed by atoms with van der Waals surface area (Å²) in [6.45, 7) is 1.02. The molecule has 1 amide bonds. The summed E-state index contributed by atoms with van der Waals surface area (Å²) >= 11 is 0. The number of hydrazone groups is 1. The first kappa shape index (κ1) is 16.8. The fourth-order valence-electron chi connectivity index (χ4n) is 2.83. The Morgan fingerprint density at radius 2 is 1.89 bits per heavy atom. The monoisotopic (exact) mass is 364 g/mol. The number of fused-ring (bicyclic) bond motifs is 2. The van der Waals surface area contributed by atoms with Crippen LogP contribution in [0.3, 0.4) is 0 Å². The molecule has 8 nitrogen and oxygen atoms in total. The smallest absolute Gasteiger partial charge is 0.292 e. The maximum absolute atomic E-state index is 12.5. The molecule has 3 aromatic rings. The van der Waals surface area contributed by atoms with Crippen LogP contribution < -0.4 is 20.5 Å². The summed E-state index contributed by atoms with van der Waals surface area (Å²) in [6, 6.07) is 12.2. The summed E-state index contributed by atoms with van der Waals surface area (Å²) in [5.74, 6) is 0.821. The van der Waals surface area contributed by atoms with Gasteiger partial charge in [-0.3, -0.25) is 9.59 Å². The Kier molecular flexibility index (Phi) is 4.29. The lowest BCUT2D eigenvalue weighted by Crippen LogP contribution is -2.27. The number of aromatic nitrogens is 2. The van der Waals surface area contributed by atoms with Gasteiger partial charge in [0.25, 0.3) is 11.5 Å². The molecular formula is C19H16N4O4. The van der Waals surface area contributed by atoms with Crippen LogP contribution in [0.25, 0.3) is 10.8 Å².